The Balaban J connectivity index is 2.06. The second-order valence-electron chi connectivity index (χ2n) is 4.90. The van der Waals surface area contributed by atoms with E-state index in [1.165, 1.54) is 11.1 Å². The normalized spacial score (nSPS) is 12.6. The number of aromatic nitrogens is 3. The third-order valence-corrected chi connectivity index (χ3v) is 3.33. The molecule has 2 heterocycles. The molecule has 1 atom stereocenters. The third-order valence-electron chi connectivity index (χ3n) is 3.33. The molecule has 0 fully saturated rings. The summed E-state index contributed by atoms with van der Waals surface area (Å²) in [5, 5.41) is 3.53. The fourth-order valence-corrected chi connectivity index (χ4v) is 2.31. The third kappa shape index (κ3) is 3.64. The highest BCUT2D eigenvalue weighted by Crippen LogP contribution is 2.18. The summed E-state index contributed by atoms with van der Waals surface area (Å²) < 4.78 is 2.08. The van der Waals surface area contributed by atoms with E-state index in [-0.39, 0.29) is 0 Å². The van der Waals surface area contributed by atoms with Crippen LogP contribution in [0.5, 0.6) is 0 Å². The molecule has 0 aliphatic rings. The summed E-state index contributed by atoms with van der Waals surface area (Å²) in [4.78, 5) is 8.67. The van der Waals surface area contributed by atoms with Crippen LogP contribution in [0.4, 0.5) is 0 Å². The molecule has 0 aromatic carbocycles. The quantitative estimate of drug-likeness (QED) is 0.865. The van der Waals surface area contributed by atoms with Gasteiger partial charge in [0.15, 0.2) is 0 Å². The first-order chi connectivity index (χ1) is 9.20. The van der Waals surface area contributed by atoms with E-state index in [0.717, 1.165) is 25.2 Å². The van der Waals surface area contributed by atoms with Gasteiger partial charge in [-0.2, -0.15) is 0 Å². The number of pyridine rings is 1. The number of imidazole rings is 1. The van der Waals surface area contributed by atoms with Crippen molar-refractivity contribution in [3.8, 4) is 0 Å². The number of aryl methyl sites for hydroxylation is 3. The van der Waals surface area contributed by atoms with Crippen LogP contribution in [-0.2, 0) is 13.5 Å². The number of rotatable bonds is 6. The number of hydrogen-bond donors (Lipinski definition) is 1. The Morgan fingerprint density at radius 3 is 2.84 bits per heavy atom. The van der Waals surface area contributed by atoms with E-state index >= 15 is 0 Å². The van der Waals surface area contributed by atoms with Crippen molar-refractivity contribution in [3.05, 3.63) is 47.8 Å². The molecular weight excluding hydrogens is 236 g/mol. The smallest absolute Gasteiger partial charge is 0.108 e. The summed E-state index contributed by atoms with van der Waals surface area (Å²) in [7, 11) is 2.04. The summed E-state index contributed by atoms with van der Waals surface area (Å²) in [5.74, 6) is 1.13. The largest absolute Gasteiger partial charge is 0.338 e. The lowest BCUT2D eigenvalue weighted by atomic mass is 10.0. The van der Waals surface area contributed by atoms with Gasteiger partial charge in [0.25, 0.3) is 0 Å². The Kier molecular flexibility index (Phi) is 4.68. The van der Waals surface area contributed by atoms with Crippen LogP contribution in [0.3, 0.4) is 0 Å². The van der Waals surface area contributed by atoms with Crippen molar-refractivity contribution in [2.75, 3.05) is 6.54 Å². The first kappa shape index (κ1) is 13.7. The van der Waals surface area contributed by atoms with Gasteiger partial charge in [0, 0.05) is 44.3 Å². The van der Waals surface area contributed by atoms with Crippen molar-refractivity contribution in [1.29, 1.82) is 0 Å². The average molecular weight is 258 g/mol. The van der Waals surface area contributed by atoms with Gasteiger partial charge in [0.2, 0.25) is 0 Å². The Labute approximate surface area is 114 Å². The molecule has 2 aromatic heterocycles. The predicted molar refractivity (Wildman–Crippen MR) is 76.9 cm³/mol. The molecule has 1 N–H and O–H groups in total. The van der Waals surface area contributed by atoms with Crippen LogP contribution in [0.2, 0.25) is 0 Å². The molecule has 0 spiro atoms. The molecule has 1 unspecified atom stereocenters. The fraction of sp³-hybridized carbons (Fsp3) is 0.467. The maximum atomic E-state index is 4.38. The van der Waals surface area contributed by atoms with E-state index in [2.05, 4.69) is 39.8 Å². The summed E-state index contributed by atoms with van der Waals surface area (Å²) in [6.07, 6.45) is 9.70. The molecule has 0 saturated heterocycles. The SMILES string of the molecule is CCNC(CCc1nccn1C)c1cncc(C)c1. The average Bonchev–Trinajstić information content (AvgIpc) is 2.80. The minimum absolute atomic E-state index is 0.342. The van der Waals surface area contributed by atoms with E-state index in [1.54, 1.807) is 0 Å². The van der Waals surface area contributed by atoms with Gasteiger partial charge in [0.1, 0.15) is 5.82 Å². The topological polar surface area (TPSA) is 42.7 Å². The van der Waals surface area contributed by atoms with Crippen molar-refractivity contribution in [2.24, 2.45) is 7.05 Å². The van der Waals surface area contributed by atoms with E-state index < -0.39 is 0 Å². The maximum absolute atomic E-state index is 4.38. The Hall–Kier alpha value is -1.68. The van der Waals surface area contributed by atoms with E-state index in [4.69, 9.17) is 0 Å². The van der Waals surface area contributed by atoms with Crippen LogP contribution in [0.25, 0.3) is 0 Å². The van der Waals surface area contributed by atoms with Crippen LogP contribution in [0, 0.1) is 6.92 Å². The van der Waals surface area contributed by atoms with Gasteiger partial charge in [-0.3, -0.25) is 4.98 Å². The molecule has 0 bridgehead atoms. The van der Waals surface area contributed by atoms with Crippen LogP contribution in [0.1, 0.15) is 36.3 Å². The predicted octanol–water partition coefficient (Wildman–Crippen LogP) is 2.41. The summed E-state index contributed by atoms with van der Waals surface area (Å²) in [6.45, 7) is 5.18. The Morgan fingerprint density at radius 2 is 2.21 bits per heavy atom. The highest BCUT2D eigenvalue weighted by atomic mass is 15.0. The molecule has 4 nitrogen and oxygen atoms in total. The van der Waals surface area contributed by atoms with Gasteiger partial charge < -0.3 is 9.88 Å². The summed E-state index contributed by atoms with van der Waals surface area (Å²) >= 11 is 0. The van der Waals surface area contributed by atoms with Gasteiger partial charge >= 0.3 is 0 Å². The van der Waals surface area contributed by atoms with Crippen molar-refractivity contribution in [3.63, 3.8) is 0 Å². The van der Waals surface area contributed by atoms with Gasteiger partial charge in [-0.25, -0.2) is 4.98 Å². The number of nitrogens with zero attached hydrogens (tertiary/aromatic N) is 3. The van der Waals surface area contributed by atoms with E-state index in [9.17, 15) is 0 Å². The zero-order chi connectivity index (χ0) is 13.7. The lowest BCUT2D eigenvalue weighted by Gasteiger charge is -2.18. The second kappa shape index (κ2) is 6.48. The summed E-state index contributed by atoms with van der Waals surface area (Å²) in [6, 6.07) is 2.55. The fourth-order valence-electron chi connectivity index (χ4n) is 2.31. The molecule has 19 heavy (non-hydrogen) atoms. The van der Waals surface area contributed by atoms with Crippen molar-refractivity contribution < 1.29 is 0 Å². The van der Waals surface area contributed by atoms with Crippen molar-refractivity contribution in [1.82, 2.24) is 19.9 Å². The molecule has 2 rings (SSSR count). The maximum Gasteiger partial charge on any atom is 0.108 e. The molecule has 2 aromatic rings. The molecule has 0 aliphatic carbocycles. The zero-order valence-electron chi connectivity index (χ0n) is 11.9. The molecule has 102 valence electrons. The van der Waals surface area contributed by atoms with Crippen LogP contribution in [0.15, 0.2) is 30.9 Å². The highest BCUT2D eigenvalue weighted by Gasteiger charge is 2.12. The first-order valence-electron chi connectivity index (χ1n) is 6.82. The van der Waals surface area contributed by atoms with Crippen molar-refractivity contribution in [2.45, 2.75) is 32.7 Å². The van der Waals surface area contributed by atoms with Gasteiger partial charge in [0.05, 0.1) is 0 Å². The molecular formula is C15H22N4. The Morgan fingerprint density at radius 1 is 1.37 bits per heavy atom. The second-order valence-corrected chi connectivity index (χ2v) is 4.90. The van der Waals surface area contributed by atoms with Crippen LogP contribution < -0.4 is 5.32 Å². The lowest BCUT2D eigenvalue weighted by molar-refractivity contribution is 0.504. The first-order valence-corrected chi connectivity index (χ1v) is 6.82. The molecule has 4 heteroatoms. The Bertz CT molecular complexity index is 518. The van der Waals surface area contributed by atoms with Crippen molar-refractivity contribution >= 4 is 0 Å². The minimum Gasteiger partial charge on any atom is -0.338 e. The number of hydrogen-bond acceptors (Lipinski definition) is 3. The van der Waals surface area contributed by atoms with Gasteiger partial charge in [-0.15, -0.1) is 0 Å². The van der Waals surface area contributed by atoms with E-state index in [0.29, 0.717) is 6.04 Å². The molecule has 0 amide bonds. The zero-order valence-corrected chi connectivity index (χ0v) is 11.9. The lowest BCUT2D eigenvalue weighted by Crippen LogP contribution is -2.22. The van der Waals surface area contributed by atoms with Gasteiger partial charge in [-0.05, 0) is 31.0 Å². The molecule has 0 aliphatic heterocycles. The molecule has 0 saturated carbocycles. The van der Waals surface area contributed by atoms with Crippen LogP contribution in [-0.4, -0.2) is 21.1 Å². The van der Waals surface area contributed by atoms with Gasteiger partial charge in [-0.1, -0.05) is 13.0 Å². The standard InChI is InChI=1S/C15H22N4/c1-4-17-14(13-9-12(2)10-16-11-13)5-6-15-18-7-8-19(15)3/h7-11,14,17H,4-6H2,1-3H3. The minimum atomic E-state index is 0.342. The van der Waals surface area contributed by atoms with Crippen LogP contribution >= 0.6 is 0 Å². The van der Waals surface area contributed by atoms with E-state index in [1.807, 2.05) is 31.8 Å². The summed E-state index contributed by atoms with van der Waals surface area (Å²) in [5.41, 5.74) is 2.47. The number of nitrogens with one attached hydrogen (secondary N) is 1. The highest BCUT2D eigenvalue weighted by molar-refractivity contribution is 5.20. The monoisotopic (exact) mass is 258 g/mol. The molecule has 0 radical (unpaired) electrons.